The Hall–Kier alpha value is -1.59. The van der Waals surface area contributed by atoms with Gasteiger partial charge in [-0.15, -0.1) is 0 Å². The lowest BCUT2D eigenvalue weighted by Crippen LogP contribution is -2.41. The first kappa shape index (κ1) is 13.4. The molecule has 3 rings (SSSR count). The number of ether oxygens (including phenoxy) is 1. The van der Waals surface area contributed by atoms with Crippen LogP contribution in [-0.4, -0.2) is 24.4 Å². The number of halogens is 1. The van der Waals surface area contributed by atoms with Gasteiger partial charge in [0.2, 0.25) is 0 Å². The summed E-state index contributed by atoms with van der Waals surface area (Å²) >= 11 is 3.59. The molecule has 5 heteroatoms. The number of hydrogen-bond donors (Lipinski definition) is 1. The van der Waals surface area contributed by atoms with E-state index in [0.717, 1.165) is 23.2 Å². The SMILES string of the molecule is COc1ccc(Br)c2c1CN(NC1C=CN=CC1)C=C2. The highest BCUT2D eigenvalue weighted by Crippen LogP contribution is 2.33. The minimum Gasteiger partial charge on any atom is -0.496 e. The molecule has 1 aromatic carbocycles. The summed E-state index contributed by atoms with van der Waals surface area (Å²) in [5, 5.41) is 2.09. The predicted molar refractivity (Wildman–Crippen MR) is 84.4 cm³/mol. The lowest BCUT2D eigenvalue weighted by atomic mass is 10.0. The van der Waals surface area contributed by atoms with E-state index in [2.05, 4.69) is 49.7 Å². The second kappa shape index (κ2) is 5.81. The van der Waals surface area contributed by atoms with Gasteiger partial charge < -0.3 is 9.75 Å². The van der Waals surface area contributed by atoms with Gasteiger partial charge in [-0.2, -0.15) is 0 Å². The Morgan fingerprint density at radius 1 is 1.45 bits per heavy atom. The molecule has 104 valence electrons. The molecule has 1 aromatic rings. The summed E-state index contributed by atoms with van der Waals surface area (Å²) in [4.78, 5) is 4.09. The van der Waals surface area contributed by atoms with Gasteiger partial charge >= 0.3 is 0 Å². The maximum atomic E-state index is 5.46. The van der Waals surface area contributed by atoms with Crippen LogP contribution in [0.5, 0.6) is 5.75 Å². The van der Waals surface area contributed by atoms with Crippen LogP contribution >= 0.6 is 15.9 Å². The summed E-state index contributed by atoms with van der Waals surface area (Å²) < 4.78 is 6.55. The third kappa shape index (κ3) is 2.64. The molecule has 1 atom stereocenters. The van der Waals surface area contributed by atoms with E-state index in [1.54, 1.807) is 7.11 Å². The minimum atomic E-state index is 0.289. The number of hydrogen-bond acceptors (Lipinski definition) is 4. The van der Waals surface area contributed by atoms with E-state index in [9.17, 15) is 0 Å². The number of methoxy groups -OCH3 is 1. The Morgan fingerprint density at radius 3 is 3.10 bits per heavy atom. The van der Waals surface area contributed by atoms with Crippen molar-refractivity contribution in [2.45, 2.75) is 19.0 Å². The lowest BCUT2D eigenvalue weighted by Gasteiger charge is -2.30. The van der Waals surface area contributed by atoms with E-state index in [0.29, 0.717) is 0 Å². The van der Waals surface area contributed by atoms with Gasteiger partial charge in [-0.05, 0) is 29.8 Å². The van der Waals surface area contributed by atoms with Gasteiger partial charge in [-0.25, -0.2) is 5.43 Å². The Kier molecular flexibility index (Phi) is 3.89. The van der Waals surface area contributed by atoms with Crippen molar-refractivity contribution in [3.63, 3.8) is 0 Å². The van der Waals surface area contributed by atoms with Crippen molar-refractivity contribution >= 4 is 28.2 Å². The highest BCUT2D eigenvalue weighted by Gasteiger charge is 2.19. The summed E-state index contributed by atoms with van der Waals surface area (Å²) in [6.07, 6.45) is 10.9. The average Bonchev–Trinajstić information content (AvgIpc) is 2.49. The zero-order chi connectivity index (χ0) is 13.9. The Labute approximate surface area is 126 Å². The van der Waals surface area contributed by atoms with Crippen LogP contribution in [0.3, 0.4) is 0 Å². The quantitative estimate of drug-likeness (QED) is 0.923. The first-order valence-corrected chi connectivity index (χ1v) is 7.32. The highest BCUT2D eigenvalue weighted by molar-refractivity contribution is 9.10. The molecule has 1 unspecified atom stereocenters. The van der Waals surface area contributed by atoms with Gasteiger partial charge in [0.05, 0.1) is 19.7 Å². The van der Waals surface area contributed by atoms with E-state index in [-0.39, 0.29) is 6.04 Å². The molecule has 0 amide bonds. The Morgan fingerprint density at radius 2 is 2.35 bits per heavy atom. The standard InChI is InChI=1S/C15H16BrN3O/c1-20-15-3-2-14(16)12-6-9-19(10-13(12)15)18-11-4-7-17-8-5-11/h2-4,6-9,11,18H,5,10H2,1H3. The summed E-state index contributed by atoms with van der Waals surface area (Å²) in [5.74, 6) is 0.917. The van der Waals surface area contributed by atoms with Gasteiger partial charge in [-0.3, -0.25) is 4.99 Å². The summed E-state index contributed by atoms with van der Waals surface area (Å²) in [5.41, 5.74) is 5.84. The first-order valence-electron chi connectivity index (χ1n) is 6.52. The molecule has 0 spiro atoms. The topological polar surface area (TPSA) is 36.9 Å². The monoisotopic (exact) mass is 333 g/mol. The summed E-state index contributed by atoms with van der Waals surface area (Å²) in [7, 11) is 1.71. The third-order valence-corrected chi connectivity index (χ3v) is 4.12. The molecule has 0 aromatic heterocycles. The molecule has 4 nitrogen and oxygen atoms in total. The van der Waals surface area contributed by atoms with E-state index in [1.165, 1.54) is 11.1 Å². The lowest BCUT2D eigenvalue weighted by molar-refractivity contribution is 0.236. The molecule has 0 saturated carbocycles. The zero-order valence-corrected chi connectivity index (χ0v) is 12.8. The molecule has 0 saturated heterocycles. The van der Waals surface area contributed by atoms with Crippen LogP contribution in [0, 0.1) is 0 Å². The van der Waals surface area contributed by atoms with E-state index in [1.807, 2.05) is 24.5 Å². The van der Waals surface area contributed by atoms with E-state index < -0.39 is 0 Å². The number of aliphatic imine (C=N–C) groups is 1. The Balaban J connectivity index is 1.79. The summed E-state index contributed by atoms with van der Waals surface area (Å²) in [6.45, 7) is 0.774. The van der Waals surface area contributed by atoms with Crippen LogP contribution < -0.4 is 10.2 Å². The van der Waals surface area contributed by atoms with Gasteiger partial charge in [0.1, 0.15) is 5.75 Å². The molecule has 2 aliphatic heterocycles. The molecule has 0 fully saturated rings. The van der Waals surface area contributed by atoms with Crippen LogP contribution in [0.1, 0.15) is 17.5 Å². The molecule has 20 heavy (non-hydrogen) atoms. The van der Waals surface area contributed by atoms with Crippen molar-refractivity contribution < 1.29 is 4.74 Å². The minimum absolute atomic E-state index is 0.289. The molecular formula is C15H16BrN3O. The van der Waals surface area contributed by atoms with Gasteiger partial charge in [0, 0.05) is 35.1 Å². The average molecular weight is 334 g/mol. The third-order valence-electron chi connectivity index (χ3n) is 3.43. The van der Waals surface area contributed by atoms with Crippen molar-refractivity contribution in [1.29, 1.82) is 0 Å². The Bertz CT molecular complexity index is 595. The van der Waals surface area contributed by atoms with E-state index >= 15 is 0 Å². The fourth-order valence-electron chi connectivity index (χ4n) is 2.40. The van der Waals surface area contributed by atoms with Crippen LogP contribution in [0.4, 0.5) is 0 Å². The highest BCUT2D eigenvalue weighted by atomic mass is 79.9. The molecular weight excluding hydrogens is 318 g/mol. The number of rotatable bonds is 3. The smallest absolute Gasteiger partial charge is 0.124 e. The van der Waals surface area contributed by atoms with E-state index in [4.69, 9.17) is 4.74 Å². The van der Waals surface area contributed by atoms with Crippen LogP contribution in [0.2, 0.25) is 0 Å². The van der Waals surface area contributed by atoms with Crippen molar-refractivity contribution in [2.24, 2.45) is 4.99 Å². The second-order valence-electron chi connectivity index (χ2n) is 4.73. The molecule has 1 N–H and O–H groups in total. The zero-order valence-electron chi connectivity index (χ0n) is 11.2. The van der Waals surface area contributed by atoms with Gasteiger partial charge in [-0.1, -0.05) is 15.9 Å². The van der Waals surface area contributed by atoms with Crippen LogP contribution in [-0.2, 0) is 6.54 Å². The number of nitrogens with zero attached hydrogens (tertiary/aromatic N) is 2. The van der Waals surface area contributed by atoms with Gasteiger partial charge in [0.15, 0.2) is 0 Å². The fraction of sp³-hybridized carbons (Fsp3) is 0.267. The summed E-state index contributed by atoms with van der Waals surface area (Å²) in [6, 6.07) is 4.30. The number of benzene rings is 1. The maximum Gasteiger partial charge on any atom is 0.124 e. The molecule has 0 bridgehead atoms. The second-order valence-corrected chi connectivity index (χ2v) is 5.58. The number of fused-ring (bicyclic) bond motifs is 1. The van der Waals surface area contributed by atoms with Crippen molar-refractivity contribution in [1.82, 2.24) is 10.4 Å². The molecule has 2 aliphatic rings. The molecule has 0 aliphatic carbocycles. The number of nitrogens with one attached hydrogen (secondary N) is 1. The van der Waals surface area contributed by atoms with Crippen molar-refractivity contribution in [3.8, 4) is 5.75 Å². The first-order chi connectivity index (χ1) is 9.78. The fourth-order valence-corrected chi connectivity index (χ4v) is 2.91. The van der Waals surface area contributed by atoms with Crippen molar-refractivity contribution in [3.05, 3.63) is 46.2 Å². The largest absolute Gasteiger partial charge is 0.496 e. The van der Waals surface area contributed by atoms with Gasteiger partial charge in [0.25, 0.3) is 0 Å². The maximum absolute atomic E-state index is 5.46. The molecule has 2 heterocycles. The normalized spacial score (nSPS) is 20.1. The number of hydrazine groups is 1. The van der Waals surface area contributed by atoms with Crippen LogP contribution in [0.15, 0.2) is 40.1 Å². The molecule has 0 radical (unpaired) electrons. The van der Waals surface area contributed by atoms with Crippen molar-refractivity contribution in [2.75, 3.05) is 7.11 Å². The predicted octanol–water partition coefficient (Wildman–Crippen LogP) is 3.11. The van der Waals surface area contributed by atoms with Crippen LogP contribution in [0.25, 0.3) is 6.08 Å².